The van der Waals surface area contributed by atoms with E-state index in [1.165, 1.54) is 11.8 Å². The molecule has 2 aliphatic rings. The van der Waals surface area contributed by atoms with Gasteiger partial charge in [0.2, 0.25) is 12.7 Å². The summed E-state index contributed by atoms with van der Waals surface area (Å²) in [7, 11) is 0. The number of thioether (sulfide) groups is 1. The van der Waals surface area contributed by atoms with Crippen LogP contribution in [0.25, 0.3) is 10.9 Å². The molecular weight excluding hydrogens is 532 g/mol. The third-order valence-corrected chi connectivity index (χ3v) is 8.34. The predicted octanol–water partition coefficient (Wildman–Crippen LogP) is 3.79. The molecule has 2 aliphatic heterocycles. The van der Waals surface area contributed by atoms with Gasteiger partial charge < -0.3 is 28.8 Å². The molecule has 1 amide bonds. The first-order valence-electron chi connectivity index (χ1n) is 13.3. The normalized spacial score (nSPS) is 15.4. The fraction of sp³-hybridized carbons (Fsp3) is 0.345. The molecule has 208 valence electrons. The zero-order valence-electron chi connectivity index (χ0n) is 22.1. The van der Waals surface area contributed by atoms with Crippen molar-refractivity contribution in [2.45, 2.75) is 36.8 Å². The Kier molecular flexibility index (Phi) is 7.65. The third kappa shape index (κ3) is 5.52. The van der Waals surface area contributed by atoms with Gasteiger partial charge in [-0.2, -0.15) is 0 Å². The number of anilines is 1. The van der Waals surface area contributed by atoms with Crippen molar-refractivity contribution in [2.75, 3.05) is 38.0 Å². The molecule has 2 aromatic carbocycles. The first kappa shape index (κ1) is 26.3. The van der Waals surface area contributed by atoms with E-state index in [0.29, 0.717) is 59.5 Å². The molecule has 1 atom stereocenters. The zero-order valence-corrected chi connectivity index (χ0v) is 22.9. The lowest BCUT2D eigenvalue weighted by molar-refractivity contribution is -0.120. The maximum absolute atomic E-state index is 14.0. The van der Waals surface area contributed by atoms with Crippen LogP contribution in [-0.4, -0.2) is 53.8 Å². The number of fused-ring (bicyclic) bond motifs is 2. The molecule has 0 saturated carbocycles. The van der Waals surface area contributed by atoms with Gasteiger partial charge in [0.25, 0.3) is 5.56 Å². The Hall–Kier alpha value is -3.96. The summed E-state index contributed by atoms with van der Waals surface area (Å²) in [4.78, 5) is 34.3. The van der Waals surface area contributed by atoms with Gasteiger partial charge in [-0.05, 0) is 54.4 Å². The molecule has 4 aromatic rings. The lowest BCUT2D eigenvalue weighted by atomic mass is 10.1. The van der Waals surface area contributed by atoms with E-state index in [2.05, 4.69) is 10.2 Å². The molecule has 6 rings (SSSR count). The summed E-state index contributed by atoms with van der Waals surface area (Å²) in [6.45, 7) is 5.52. The van der Waals surface area contributed by atoms with E-state index >= 15 is 0 Å². The first-order chi connectivity index (χ1) is 19.6. The third-order valence-electron chi connectivity index (χ3n) is 6.98. The van der Waals surface area contributed by atoms with Crippen LogP contribution in [0.5, 0.6) is 11.5 Å². The molecule has 0 radical (unpaired) electrons. The standard InChI is InChI=1S/C29H30N4O6S/c1-2-26(27(34)30-16-21-4-3-11-37-21)40-29-31-23-7-6-20(32-9-12-36-13-10-32)15-22(23)28(35)33(29)17-19-5-8-24-25(14-19)39-18-38-24/h3-8,11,14-15,26H,2,9-10,12-13,16-18H2,1H3,(H,30,34). The number of hydrogen-bond acceptors (Lipinski definition) is 9. The number of benzene rings is 2. The Bertz CT molecular complexity index is 1570. The van der Waals surface area contributed by atoms with Crippen LogP contribution in [0.1, 0.15) is 24.7 Å². The van der Waals surface area contributed by atoms with Gasteiger partial charge in [-0.15, -0.1) is 0 Å². The number of furan rings is 1. The molecule has 10 nitrogen and oxygen atoms in total. The van der Waals surface area contributed by atoms with E-state index in [0.717, 1.165) is 24.3 Å². The quantitative estimate of drug-likeness (QED) is 0.241. The Morgan fingerprint density at radius 3 is 2.75 bits per heavy atom. The molecule has 1 unspecified atom stereocenters. The molecule has 1 fully saturated rings. The number of aromatic nitrogens is 2. The average molecular weight is 563 g/mol. The van der Waals surface area contributed by atoms with E-state index in [-0.39, 0.29) is 24.8 Å². The highest BCUT2D eigenvalue weighted by Gasteiger charge is 2.23. The van der Waals surface area contributed by atoms with Crippen LogP contribution in [0.3, 0.4) is 0 Å². The highest BCUT2D eigenvalue weighted by atomic mass is 32.2. The van der Waals surface area contributed by atoms with Crippen LogP contribution in [0.2, 0.25) is 0 Å². The van der Waals surface area contributed by atoms with Crippen molar-refractivity contribution < 1.29 is 23.4 Å². The van der Waals surface area contributed by atoms with Gasteiger partial charge in [0, 0.05) is 18.8 Å². The minimum Gasteiger partial charge on any atom is -0.467 e. The highest BCUT2D eigenvalue weighted by Crippen LogP contribution is 2.33. The number of nitrogens with one attached hydrogen (secondary N) is 1. The van der Waals surface area contributed by atoms with E-state index < -0.39 is 5.25 Å². The Balaban J connectivity index is 1.35. The number of rotatable bonds is 9. The molecule has 2 aromatic heterocycles. The summed E-state index contributed by atoms with van der Waals surface area (Å²) < 4.78 is 23.5. The highest BCUT2D eigenvalue weighted by molar-refractivity contribution is 8.00. The van der Waals surface area contributed by atoms with E-state index in [4.69, 9.17) is 23.6 Å². The lowest BCUT2D eigenvalue weighted by Gasteiger charge is -2.29. The Morgan fingerprint density at radius 2 is 1.95 bits per heavy atom. The van der Waals surface area contributed by atoms with E-state index in [9.17, 15) is 9.59 Å². The number of nitrogens with zero attached hydrogens (tertiary/aromatic N) is 3. The molecule has 4 heterocycles. The van der Waals surface area contributed by atoms with Gasteiger partial charge in [-0.25, -0.2) is 4.98 Å². The lowest BCUT2D eigenvalue weighted by Crippen LogP contribution is -2.36. The molecule has 1 saturated heterocycles. The molecule has 40 heavy (non-hydrogen) atoms. The SMILES string of the molecule is CCC(Sc1nc2ccc(N3CCOCC3)cc2c(=O)n1Cc1ccc2c(c1)OCO2)C(=O)NCc1ccco1. The van der Waals surface area contributed by atoms with Crippen molar-refractivity contribution in [3.63, 3.8) is 0 Å². The number of morpholine rings is 1. The van der Waals surface area contributed by atoms with Gasteiger partial charge in [0.1, 0.15) is 5.76 Å². The summed E-state index contributed by atoms with van der Waals surface area (Å²) in [5.41, 5.74) is 2.27. The Labute approximate surface area is 235 Å². The smallest absolute Gasteiger partial charge is 0.262 e. The molecule has 0 spiro atoms. The van der Waals surface area contributed by atoms with Crippen LogP contribution in [0.4, 0.5) is 5.69 Å². The second-order valence-corrected chi connectivity index (χ2v) is 10.8. The van der Waals surface area contributed by atoms with E-state index in [1.807, 2.05) is 49.4 Å². The molecular formula is C29H30N4O6S. The monoisotopic (exact) mass is 562 g/mol. The van der Waals surface area contributed by atoms with Crippen molar-refractivity contribution in [2.24, 2.45) is 0 Å². The average Bonchev–Trinajstić information content (AvgIpc) is 3.69. The van der Waals surface area contributed by atoms with Gasteiger partial charge in [-0.3, -0.25) is 14.2 Å². The van der Waals surface area contributed by atoms with Crippen LogP contribution in [0.15, 0.2) is 69.2 Å². The maximum Gasteiger partial charge on any atom is 0.262 e. The van der Waals surface area contributed by atoms with Crippen LogP contribution >= 0.6 is 11.8 Å². The van der Waals surface area contributed by atoms with Crippen LogP contribution in [-0.2, 0) is 22.6 Å². The summed E-state index contributed by atoms with van der Waals surface area (Å²) in [5, 5.41) is 3.50. The van der Waals surface area contributed by atoms with Crippen molar-refractivity contribution in [1.82, 2.24) is 14.9 Å². The van der Waals surface area contributed by atoms with Gasteiger partial charge >= 0.3 is 0 Å². The Morgan fingerprint density at radius 1 is 1.10 bits per heavy atom. The number of hydrogen-bond donors (Lipinski definition) is 1. The zero-order chi connectivity index (χ0) is 27.5. The predicted molar refractivity (Wildman–Crippen MR) is 151 cm³/mol. The van der Waals surface area contributed by atoms with E-state index in [1.54, 1.807) is 16.9 Å². The van der Waals surface area contributed by atoms with Crippen molar-refractivity contribution >= 4 is 34.3 Å². The van der Waals surface area contributed by atoms with Gasteiger partial charge in [0.05, 0.1) is 48.7 Å². The topological polar surface area (TPSA) is 108 Å². The minimum atomic E-state index is -0.449. The fourth-order valence-corrected chi connectivity index (χ4v) is 5.85. The van der Waals surface area contributed by atoms with Gasteiger partial charge in [-0.1, -0.05) is 24.8 Å². The second kappa shape index (κ2) is 11.6. The minimum absolute atomic E-state index is 0.143. The fourth-order valence-electron chi connectivity index (χ4n) is 4.81. The van der Waals surface area contributed by atoms with Crippen molar-refractivity contribution in [1.29, 1.82) is 0 Å². The van der Waals surface area contributed by atoms with Crippen LogP contribution < -0.4 is 25.2 Å². The molecule has 0 aliphatic carbocycles. The summed E-state index contributed by atoms with van der Waals surface area (Å²) in [6.07, 6.45) is 2.13. The van der Waals surface area contributed by atoms with Crippen LogP contribution in [0, 0.1) is 0 Å². The summed E-state index contributed by atoms with van der Waals surface area (Å²) >= 11 is 1.29. The first-order valence-corrected chi connectivity index (χ1v) is 14.2. The summed E-state index contributed by atoms with van der Waals surface area (Å²) in [5.74, 6) is 1.85. The molecule has 1 N–H and O–H groups in total. The van der Waals surface area contributed by atoms with Gasteiger partial charge in [0.15, 0.2) is 16.7 Å². The summed E-state index contributed by atoms with van der Waals surface area (Å²) in [6, 6.07) is 15.0. The number of ether oxygens (including phenoxy) is 3. The molecule has 0 bridgehead atoms. The second-order valence-electron chi connectivity index (χ2n) is 9.59. The molecule has 11 heteroatoms. The number of carbonyl (C=O) groups is 1. The number of amides is 1. The maximum atomic E-state index is 14.0. The number of carbonyl (C=O) groups excluding carboxylic acids is 1. The van der Waals surface area contributed by atoms with Crippen molar-refractivity contribution in [3.05, 3.63) is 76.5 Å². The largest absolute Gasteiger partial charge is 0.467 e. The van der Waals surface area contributed by atoms with Crippen molar-refractivity contribution in [3.8, 4) is 11.5 Å².